The maximum Gasteiger partial charge on any atom is 0.276 e. The normalized spacial score (nSPS) is 16.6. The van der Waals surface area contributed by atoms with Crippen LogP contribution in [-0.2, 0) is 12.8 Å². The van der Waals surface area contributed by atoms with Crippen LogP contribution in [0.15, 0.2) is 33.2 Å². The van der Waals surface area contributed by atoms with Crippen molar-refractivity contribution in [3.63, 3.8) is 0 Å². The fourth-order valence-electron chi connectivity index (χ4n) is 3.13. The lowest BCUT2D eigenvalue weighted by molar-refractivity contribution is 0.0986. The fourth-order valence-corrected chi connectivity index (χ4v) is 5.66. The van der Waals surface area contributed by atoms with Crippen molar-refractivity contribution in [1.29, 1.82) is 0 Å². The molecule has 0 amide bonds. The number of nitrogens with zero attached hydrogens (tertiary/aromatic N) is 2. The summed E-state index contributed by atoms with van der Waals surface area (Å²) >= 11 is 4.81. The van der Waals surface area contributed by atoms with Crippen LogP contribution in [0.2, 0.25) is 0 Å². The maximum atomic E-state index is 12.0. The molecule has 0 radical (unpaired) electrons. The molecule has 0 aliphatic heterocycles. The minimum Gasteiger partial charge on any atom is -0.410 e. The number of aryl methyl sites for hydroxylation is 1. The number of carbonyl (C=O) groups is 1. The predicted molar refractivity (Wildman–Crippen MR) is 107 cm³/mol. The van der Waals surface area contributed by atoms with Crippen molar-refractivity contribution >= 4 is 40.2 Å². The van der Waals surface area contributed by atoms with Crippen LogP contribution in [0.3, 0.4) is 0 Å². The third kappa shape index (κ3) is 4.10. The van der Waals surface area contributed by atoms with E-state index in [4.69, 9.17) is 4.42 Å². The molecule has 7 heteroatoms. The Hall–Kier alpha value is -1.44. The number of Topliss-reactive ketones (excluding diaryl/α,β-unsaturated/α-hetero) is 1. The first-order chi connectivity index (χ1) is 12.7. The van der Waals surface area contributed by atoms with Gasteiger partial charge in [-0.1, -0.05) is 24.8 Å². The predicted octanol–water partition coefficient (Wildman–Crippen LogP) is 5.74. The molecular formula is C19H20N2O2S3. The molecule has 1 unspecified atom stereocenters. The zero-order chi connectivity index (χ0) is 17.9. The molecule has 0 fully saturated rings. The molecule has 4 rings (SSSR count). The zero-order valence-electron chi connectivity index (χ0n) is 14.6. The Bertz CT molecular complexity index is 883. The van der Waals surface area contributed by atoms with Gasteiger partial charge in [0.1, 0.15) is 0 Å². The molecule has 26 heavy (non-hydrogen) atoms. The van der Waals surface area contributed by atoms with Crippen molar-refractivity contribution < 1.29 is 9.21 Å². The summed E-state index contributed by atoms with van der Waals surface area (Å²) in [6, 6.07) is 6.01. The van der Waals surface area contributed by atoms with Gasteiger partial charge in [0.05, 0.1) is 9.75 Å². The van der Waals surface area contributed by atoms with Gasteiger partial charge in [0.15, 0.2) is 5.78 Å². The maximum absolute atomic E-state index is 12.0. The highest BCUT2D eigenvalue weighted by molar-refractivity contribution is 7.99. The minimum atomic E-state index is 0.213. The summed E-state index contributed by atoms with van der Waals surface area (Å²) in [5, 5.41) is 10.9. The number of hydrogen-bond donors (Lipinski definition) is 0. The van der Waals surface area contributed by atoms with Crippen molar-refractivity contribution in [2.24, 2.45) is 5.92 Å². The monoisotopic (exact) mass is 404 g/mol. The number of hydrogen-bond acceptors (Lipinski definition) is 7. The summed E-state index contributed by atoms with van der Waals surface area (Å²) in [7, 11) is 0. The van der Waals surface area contributed by atoms with Crippen molar-refractivity contribution in [1.82, 2.24) is 10.2 Å². The summed E-state index contributed by atoms with van der Waals surface area (Å²) in [4.78, 5) is 15.4. The van der Waals surface area contributed by atoms with Gasteiger partial charge in [0.2, 0.25) is 0 Å². The van der Waals surface area contributed by atoms with Gasteiger partial charge in [0, 0.05) is 17.1 Å². The molecule has 0 aromatic carbocycles. The summed E-state index contributed by atoms with van der Waals surface area (Å²) in [6.45, 7) is 2.31. The number of thiophene rings is 2. The second-order valence-electron chi connectivity index (χ2n) is 6.63. The Morgan fingerprint density at radius 2 is 2.35 bits per heavy atom. The lowest BCUT2D eigenvalue weighted by Crippen LogP contribution is -2.07. The first-order valence-electron chi connectivity index (χ1n) is 8.84. The molecule has 4 nitrogen and oxygen atoms in total. The van der Waals surface area contributed by atoms with Gasteiger partial charge in [-0.2, -0.15) is 0 Å². The van der Waals surface area contributed by atoms with Gasteiger partial charge in [-0.15, -0.1) is 32.9 Å². The molecule has 0 spiro atoms. The van der Waals surface area contributed by atoms with Gasteiger partial charge in [-0.3, -0.25) is 4.79 Å². The Balaban J connectivity index is 1.30. The first kappa shape index (κ1) is 17.9. The van der Waals surface area contributed by atoms with Crippen molar-refractivity contribution in [3.05, 3.63) is 38.9 Å². The van der Waals surface area contributed by atoms with Crippen LogP contribution >= 0.6 is 34.4 Å². The van der Waals surface area contributed by atoms with E-state index in [2.05, 4.69) is 23.2 Å². The SMILES string of the molecule is CC1CCc2sc(-c3nnc(SCCCC(=O)c4cccs4)o3)cc2C1. The first-order valence-corrected chi connectivity index (χ1v) is 11.5. The number of rotatable bonds is 7. The third-order valence-electron chi connectivity index (χ3n) is 4.52. The molecule has 0 N–H and O–H groups in total. The number of carbonyl (C=O) groups excluding carboxylic acids is 1. The van der Waals surface area contributed by atoms with Crippen molar-refractivity contribution in [2.75, 3.05) is 5.75 Å². The van der Waals surface area contributed by atoms with Crippen LogP contribution in [0, 0.1) is 5.92 Å². The third-order valence-corrected chi connectivity index (χ3v) is 7.56. The van der Waals surface area contributed by atoms with Crippen LogP contribution in [0.25, 0.3) is 10.8 Å². The molecule has 1 aliphatic rings. The highest BCUT2D eigenvalue weighted by Crippen LogP contribution is 2.37. The molecule has 0 bridgehead atoms. The van der Waals surface area contributed by atoms with E-state index < -0.39 is 0 Å². The van der Waals surface area contributed by atoms with Crippen LogP contribution in [0.4, 0.5) is 0 Å². The fraction of sp³-hybridized carbons (Fsp3) is 0.421. The van der Waals surface area contributed by atoms with Crippen LogP contribution in [0.5, 0.6) is 0 Å². The average Bonchev–Trinajstić information content (AvgIpc) is 3.37. The summed E-state index contributed by atoms with van der Waals surface area (Å²) in [6.07, 6.45) is 4.95. The van der Waals surface area contributed by atoms with E-state index in [1.165, 1.54) is 40.0 Å². The van der Waals surface area contributed by atoms with Crippen molar-refractivity contribution in [2.45, 2.75) is 44.3 Å². The molecule has 3 aromatic heterocycles. The van der Waals surface area contributed by atoms with E-state index in [0.717, 1.165) is 40.7 Å². The summed E-state index contributed by atoms with van der Waals surface area (Å²) in [5.74, 6) is 2.40. The number of thioether (sulfide) groups is 1. The van der Waals surface area contributed by atoms with Crippen LogP contribution < -0.4 is 0 Å². The Morgan fingerprint density at radius 3 is 3.19 bits per heavy atom. The van der Waals surface area contributed by atoms with Crippen LogP contribution in [-0.4, -0.2) is 21.7 Å². The largest absolute Gasteiger partial charge is 0.410 e. The summed E-state index contributed by atoms with van der Waals surface area (Å²) < 4.78 is 5.82. The van der Waals surface area contributed by atoms with Crippen LogP contribution in [0.1, 0.15) is 46.3 Å². The standard InChI is InChI=1S/C19H20N2O2S3/c1-12-6-7-15-13(10-12)11-17(26-15)18-20-21-19(23-18)25-9-2-4-14(22)16-5-3-8-24-16/h3,5,8,11-12H,2,4,6-7,9-10H2,1H3. The quantitative estimate of drug-likeness (QED) is 0.285. The highest BCUT2D eigenvalue weighted by Gasteiger charge is 2.21. The molecule has 3 aromatic rings. The smallest absolute Gasteiger partial charge is 0.276 e. The van der Waals surface area contributed by atoms with Gasteiger partial charge >= 0.3 is 0 Å². The van der Waals surface area contributed by atoms with E-state index >= 15 is 0 Å². The molecule has 1 aliphatic carbocycles. The average molecular weight is 405 g/mol. The van der Waals surface area contributed by atoms with E-state index in [-0.39, 0.29) is 5.78 Å². The molecule has 0 saturated carbocycles. The van der Waals surface area contributed by atoms with Crippen molar-refractivity contribution in [3.8, 4) is 10.8 Å². The molecule has 0 saturated heterocycles. The minimum absolute atomic E-state index is 0.213. The van der Waals surface area contributed by atoms with Gasteiger partial charge in [-0.05, 0) is 54.7 Å². The Kier molecular flexibility index (Phi) is 5.57. The molecule has 136 valence electrons. The lowest BCUT2D eigenvalue weighted by Gasteiger charge is -2.16. The Morgan fingerprint density at radius 1 is 1.42 bits per heavy atom. The van der Waals surface area contributed by atoms with Gasteiger partial charge in [-0.25, -0.2) is 0 Å². The summed E-state index contributed by atoms with van der Waals surface area (Å²) in [5.41, 5.74) is 1.45. The molecule has 1 atom stereocenters. The van der Waals surface area contributed by atoms with E-state index in [0.29, 0.717) is 17.5 Å². The second-order valence-corrected chi connectivity index (χ2v) is 9.76. The number of fused-ring (bicyclic) bond motifs is 1. The van der Waals surface area contributed by atoms with Gasteiger partial charge in [0.25, 0.3) is 11.1 Å². The second kappa shape index (κ2) is 8.06. The lowest BCUT2D eigenvalue weighted by atomic mass is 9.90. The zero-order valence-corrected chi connectivity index (χ0v) is 17.0. The highest BCUT2D eigenvalue weighted by atomic mass is 32.2. The molecular weight excluding hydrogens is 384 g/mol. The molecule has 3 heterocycles. The topological polar surface area (TPSA) is 56.0 Å². The van der Waals surface area contributed by atoms with E-state index in [9.17, 15) is 4.79 Å². The van der Waals surface area contributed by atoms with E-state index in [1.54, 1.807) is 11.3 Å². The Labute approximate surface area is 165 Å². The van der Waals surface area contributed by atoms with E-state index in [1.807, 2.05) is 17.5 Å². The number of ketones is 1. The number of aromatic nitrogens is 2. The van der Waals surface area contributed by atoms with Gasteiger partial charge < -0.3 is 4.42 Å².